The molecule has 0 radical (unpaired) electrons. The van der Waals surface area contributed by atoms with Crippen LogP contribution in [0.3, 0.4) is 0 Å². The first kappa shape index (κ1) is 13.7. The van der Waals surface area contributed by atoms with Gasteiger partial charge in [0.1, 0.15) is 5.69 Å². The molecule has 11 heteroatoms. The van der Waals surface area contributed by atoms with Crippen molar-refractivity contribution in [2.45, 2.75) is 0 Å². The van der Waals surface area contributed by atoms with Crippen LogP contribution in [0.1, 0.15) is 5.69 Å². The summed E-state index contributed by atoms with van der Waals surface area (Å²) in [6, 6.07) is 0. The minimum absolute atomic E-state index is 0.277. The summed E-state index contributed by atoms with van der Waals surface area (Å²) in [6.45, 7) is 0. The van der Waals surface area contributed by atoms with Crippen LogP contribution in [0, 0.1) is 16.2 Å². The molecule has 0 saturated heterocycles. The van der Waals surface area contributed by atoms with Crippen molar-refractivity contribution < 1.29 is 13.0 Å². The van der Waals surface area contributed by atoms with Gasteiger partial charge in [0.15, 0.2) is 17.5 Å². The molecule has 1 aromatic heterocycles. The van der Waals surface area contributed by atoms with Gasteiger partial charge in [-0.25, -0.2) is 9.97 Å². The van der Waals surface area contributed by atoms with Crippen LogP contribution in [0.2, 0.25) is 0 Å². The van der Waals surface area contributed by atoms with Gasteiger partial charge in [-0.1, -0.05) is 0 Å². The van der Waals surface area contributed by atoms with Crippen LogP contribution in [0.4, 0.5) is 5.82 Å². The summed E-state index contributed by atoms with van der Waals surface area (Å²) < 4.78 is 30.4. The van der Waals surface area contributed by atoms with Gasteiger partial charge < -0.3 is 11.1 Å². The Hall–Kier alpha value is -2.40. The Kier molecular flexibility index (Phi) is 3.68. The average Bonchev–Trinajstić information content (AvgIpc) is 2.27. The monoisotopic (exact) mass is 271 g/mol. The molecule has 0 aliphatic rings. The first-order valence-electron chi connectivity index (χ1n) is 4.31. The maximum Gasteiger partial charge on any atom is 0.313 e. The van der Waals surface area contributed by atoms with Crippen LogP contribution in [0.5, 0.6) is 0 Å². The highest BCUT2D eigenvalue weighted by Crippen LogP contribution is 2.11. The van der Waals surface area contributed by atoms with Gasteiger partial charge in [-0.2, -0.15) is 8.42 Å². The molecule has 10 nitrogen and oxygen atoms in total. The fourth-order valence-corrected chi connectivity index (χ4v) is 1.30. The van der Waals surface area contributed by atoms with Gasteiger partial charge in [0.2, 0.25) is 5.04 Å². The molecule has 0 bridgehead atoms. The Morgan fingerprint density at radius 3 is 2.33 bits per heavy atom. The van der Waals surface area contributed by atoms with E-state index in [9.17, 15) is 8.42 Å². The zero-order valence-electron chi connectivity index (χ0n) is 8.80. The largest absolute Gasteiger partial charge is 0.381 e. The topological polar surface area (TPSA) is 190 Å². The number of nitrogens with zero attached hydrogens (tertiary/aromatic N) is 2. The lowest BCUT2D eigenvalue weighted by atomic mass is 10.4. The highest BCUT2D eigenvalue weighted by Gasteiger charge is 2.22. The van der Waals surface area contributed by atoms with Gasteiger partial charge in [0.05, 0.1) is 0 Å². The van der Waals surface area contributed by atoms with Crippen LogP contribution in [0.25, 0.3) is 0 Å². The molecule has 0 aliphatic heterocycles. The molecule has 0 aliphatic carbocycles. The van der Waals surface area contributed by atoms with Crippen molar-refractivity contribution in [1.82, 2.24) is 9.97 Å². The summed E-state index contributed by atoms with van der Waals surface area (Å²) in [5.41, 5.74) is 4.54. The SMILES string of the molecule is N=C(N)C(=N)Nc1nccnc1C(=N)S(=O)(=O)O. The van der Waals surface area contributed by atoms with Crippen molar-refractivity contribution in [2.24, 2.45) is 5.73 Å². The number of nitrogens with one attached hydrogen (secondary N) is 4. The average molecular weight is 271 g/mol. The fraction of sp³-hybridized carbons (Fsp3) is 0. The zero-order valence-corrected chi connectivity index (χ0v) is 9.61. The molecule has 0 amide bonds. The Labute approximate surface area is 102 Å². The molecule has 96 valence electrons. The number of rotatable bonds is 2. The number of aromatic nitrogens is 2. The van der Waals surface area contributed by atoms with Gasteiger partial charge in [0.25, 0.3) is 0 Å². The van der Waals surface area contributed by atoms with Crippen molar-refractivity contribution in [1.29, 1.82) is 16.2 Å². The molecule has 7 N–H and O–H groups in total. The molecule has 1 rings (SSSR count). The van der Waals surface area contributed by atoms with Crippen LogP contribution >= 0.6 is 0 Å². The lowest BCUT2D eigenvalue weighted by molar-refractivity contribution is 0.498. The fourth-order valence-electron chi connectivity index (χ4n) is 0.904. The van der Waals surface area contributed by atoms with E-state index in [4.69, 9.17) is 26.5 Å². The van der Waals surface area contributed by atoms with E-state index in [1.54, 1.807) is 0 Å². The highest BCUT2D eigenvalue weighted by atomic mass is 32.2. The Morgan fingerprint density at radius 2 is 1.83 bits per heavy atom. The van der Waals surface area contributed by atoms with Crippen molar-refractivity contribution in [3.05, 3.63) is 18.1 Å². The molecule has 18 heavy (non-hydrogen) atoms. The second-order valence-electron chi connectivity index (χ2n) is 2.97. The Morgan fingerprint density at radius 1 is 1.28 bits per heavy atom. The lowest BCUT2D eigenvalue weighted by Crippen LogP contribution is -2.30. The van der Waals surface area contributed by atoms with E-state index in [1.165, 1.54) is 6.20 Å². The number of hydrogen-bond acceptors (Lipinski definition) is 7. The Balaban J connectivity index is 3.20. The third-order valence-corrected chi connectivity index (χ3v) is 2.39. The van der Waals surface area contributed by atoms with E-state index in [2.05, 4.69) is 15.3 Å². The molecule has 1 heterocycles. The number of hydrogen-bond donors (Lipinski definition) is 6. The molecule has 0 spiro atoms. The van der Waals surface area contributed by atoms with Crippen LogP contribution in [-0.2, 0) is 10.1 Å². The quantitative estimate of drug-likeness (QED) is 0.226. The summed E-state index contributed by atoms with van der Waals surface area (Å²) >= 11 is 0. The summed E-state index contributed by atoms with van der Waals surface area (Å²) in [7, 11) is -4.75. The van der Waals surface area contributed by atoms with Gasteiger partial charge in [-0.15, -0.1) is 0 Å². The summed E-state index contributed by atoms with van der Waals surface area (Å²) in [5, 5.41) is 22.5. The summed E-state index contributed by atoms with van der Waals surface area (Å²) in [6.07, 6.45) is 2.29. The van der Waals surface area contributed by atoms with Gasteiger partial charge in [-0.3, -0.25) is 20.8 Å². The molecule has 0 aromatic carbocycles. The predicted molar refractivity (Wildman–Crippen MR) is 63.7 cm³/mol. The first-order valence-corrected chi connectivity index (χ1v) is 5.75. The maximum absolute atomic E-state index is 10.8. The molecule has 0 unspecified atom stereocenters. The van der Waals surface area contributed by atoms with E-state index < -0.39 is 32.5 Å². The van der Waals surface area contributed by atoms with E-state index >= 15 is 0 Å². The standard InChI is InChI=1S/C7H9N7O3S/c8-4(9)5(10)14-7-3(12-1-2-13-7)6(11)18(15,16)17/h1-2,11H,(H3,8,9)(H2,10,13,14)(H,15,16,17). The first-order chi connectivity index (χ1) is 8.23. The predicted octanol–water partition coefficient (Wildman–Crippen LogP) is -0.985. The van der Waals surface area contributed by atoms with E-state index in [-0.39, 0.29) is 5.82 Å². The van der Waals surface area contributed by atoms with Gasteiger partial charge in [-0.05, 0) is 0 Å². The summed E-state index contributed by atoms with van der Waals surface area (Å²) in [5.74, 6) is -1.43. The van der Waals surface area contributed by atoms with Crippen LogP contribution in [0.15, 0.2) is 12.4 Å². The van der Waals surface area contributed by atoms with Crippen LogP contribution in [-0.4, -0.2) is 39.7 Å². The van der Waals surface area contributed by atoms with E-state index in [1.807, 2.05) is 0 Å². The Bertz CT molecular complexity index is 624. The van der Waals surface area contributed by atoms with Crippen molar-refractivity contribution in [2.75, 3.05) is 5.32 Å². The molecular weight excluding hydrogens is 262 g/mol. The van der Waals surface area contributed by atoms with Crippen molar-refractivity contribution in [3.8, 4) is 0 Å². The molecule has 1 aromatic rings. The zero-order chi connectivity index (χ0) is 13.9. The minimum Gasteiger partial charge on any atom is -0.381 e. The third-order valence-electron chi connectivity index (χ3n) is 1.68. The summed E-state index contributed by atoms with van der Waals surface area (Å²) in [4.78, 5) is 7.21. The molecule has 0 atom stereocenters. The lowest BCUT2D eigenvalue weighted by Gasteiger charge is -2.08. The number of amidine groups is 2. The maximum atomic E-state index is 10.8. The molecule has 0 saturated carbocycles. The van der Waals surface area contributed by atoms with Gasteiger partial charge >= 0.3 is 10.1 Å². The van der Waals surface area contributed by atoms with Gasteiger partial charge in [0, 0.05) is 12.4 Å². The molecule has 0 fully saturated rings. The number of nitrogens with two attached hydrogens (primary N) is 1. The second-order valence-corrected chi connectivity index (χ2v) is 4.33. The second kappa shape index (κ2) is 4.85. The van der Waals surface area contributed by atoms with Crippen molar-refractivity contribution >= 4 is 32.7 Å². The third kappa shape index (κ3) is 3.05. The van der Waals surface area contributed by atoms with E-state index in [0.29, 0.717) is 0 Å². The van der Waals surface area contributed by atoms with E-state index in [0.717, 1.165) is 6.20 Å². The smallest absolute Gasteiger partial charge is 0.313 e. The molecular formula is C7H9N7O3S. The normalized spacial score (nSPS) is 10.7. The highest BCUT2D eigenvalue weighted by molar-refractivity contribution is 8.01. The minimum atomic E-state index is -4.75. The van der Waals surface area contributed by atoms with Crippen molar-refractivity contribution in [3.63, 3.8) is 0 Å². The van der Waals surface area contributed by atoms with Crippen LogP contribution < -0.4 is 11.1 Å². The number of anilines is 1.